The summed E-state index contributed by atoms with van der Waals surface area (Å²) in [5.74, 6) is 2.30. The molecule has 0 radical (unpaired) electrons. The number of hydrogen-bond acceptors (Lipinski definition) is 4. The maximum atomic E-state index is 3.90. The van der Waals surface area contributed by atoms with Crippen LogP contribution in [0.5, 0.6) is 0 Å². The lowest BCUT2D eigenvalue weighted by atomic mass is 10.2. The maximum Gasteiger partial charge on any atom is 0.0367 e. The Morgan fingerprint density at radius 1 is 0.958 bits per heavy atom. The molecule has 1 saturated heterocycles. The summed E-state index contributed by atoms with van der Waals surface area (Å²) in [6.45, 7) is 23.4. The van der Waals surface area contributed by atoms with Crippen LogP contribution >= 0.6 is 8.22 Å². The lowest BCUT2D eigenvalue weighted by Gasteiger charge is -2.38. The Balaban J connectivity index is 2.45. The number of hydrogen-bond donors (Lipinski definition) is 2. The molecule has 0 aromatic carbocycles. The molecule has 1 rings (SSSR count). The highest BCUT2D eigenvalue weighted by Crippen LogP contribution is 2.38. The van der Waals surface area contributed by atoms with Crippen molar-refractivity contribution in [3.05, 3.63) is 0 Å². The summed E-state index contributed by atoms with van der Waals surface area (Å²) in [7, 11) is -0.146. The number of nitrogens with one attached hydrogen (secondary N) is 2. The van der Waals surface area contributed by atoms with Crippen LogP contribution < -0.4 is 10.4 Å². The molecule has 1 atom stereocenters. The van der Waals surface area contributed by atoms with Crippen LogP contribution in [-0.4, -0.2) is 68.1 Å². The Hall–Kier alpha value is 0.270. The smallest absolute Gasteiger partial charge is 0.0367 e. The van der Waals surface area contributed by atoms with Crippen LogP contribution in [0.25, 0.3) is 0 Å². The van der Waals surface area contributed by atoms with Crippen molar-refractivity contribution in [1.82, 2.24) is 20.0 Å². The number of rotatable bonds is 10. The second kappa shape index (κ2) is 12.6. The van der Waals surface area contributed by atoms with Gasteiger partial charge in [-0.1, -0.05) is 41.5 Å². The van der Waals surface area contributed by atoms with E-state index in [2.05, 4.69) is 61.5 Å². The van der Waals surface area contributed by atoms with Gasteiger partial charge < -0.3 is 5.32 Å². The highest BCUT2D eigenvalue weighted by Gasteiger charge is 2.22. The van der Waals surface area contributed by atoms with E-state index >= 15 is 0 Å². The van der Waals surface area contributed by atoms with Crippen molar-refractivity contribution in [3.63, 3.8) is 0 Å². The molecule has 1 heterocycles. The van der Waals surface area contributed by atoms with Crippen molar-refractivity contribution in [2.45, 2.75) is 48.0 Å². The Bertz CT molecular complexity index is 310. The highest BCUT2D eigenvalue weighted by molar-refractivity contribution is 7.53. The van der Waals surface area contributed by atoms with Crippen molar-refractivity contribution in [2.75, 3.05) is 58.5 Å². The van der Waals surface area contributed by atoms with Crippen LogP contribution in [0.4, 0.5) is 0 Å². The lowest BCUT2D eigenvalue weighted by Crippen LogP contribution is -2.45. The molecule has 0 aliphatic carbocycles. The van der Waals surface area contributed by atoms with Crippen molar-refractivity contribution in [2.24, 2.45) is 17.8 Å². The summed E-state index contributed by atoms with van der Waals surface area (Å²) in [4.78, 5) is 2.63. The third kappa shape index (κ3) is 10.3. The van der Waals surface area contributed by atoms with Gasteiger partial charge in [-0.2, -0.15) is 0 Å². The molecule has 0 saturated carbocycles. The van der Waals surface area contributed by atoms with E-state index < -0.39 is 0 Å². The second-order valence-corrected chi connectivity index (χ2v) is 10.6. The SMILES string of the molecule is CC(C)CCP1NCCN(CCNCC(C)C)CCN1CC(C)C. The van der Waals surface area contributed by atoms with Gasteiger partial charge in [-0.25, -0.2) is 0 Å². The van der Waals surface area contributed by atoms with E-state index in [1.54, 1.807) is 0 Å². The molecule has 24 heavy (non-hydrogen) atoms. The average molecular weight is 359 g/mol. The maximum absolute atomic E-state index is 3.90. The normalized spacial score (nSPS) is 21.6. The van der Waals surface area contributed by atoms with E-state index in [9.17, 15) is 0 Å². The standard InChI is InChI=1S/C19H43N4P/c1-17(2)7-14-24-21-9-11-22(10-8-20-15-18(3)4)12-13-23(24)16-19(5)6/h17-21H,7-16H2,1-6H3. The molecule has 0 amide bonds. The topological polar surface area (TPSA) is 30.5 Å². The molecule has 0 spiro atoms. The Kier molecular flexibility index (Phi) is 11.7. The molecule has 4 nitrogen and oxygen atoms in total. The van der Waals surface area contributed by atoms with Gasteiger partial charge in [-0.05, 0) is 36.9 Å². The fourth-order valence-corrected chi connectivity index (χ4v) is 5.60. The predicted molar refractivity (Wildman–Crippen MR) is 110 cm³/mol. The van der Waals surface area contributed by atoms with Crippen LogP contribution in [0.15, 0.2) is 0 Å². The van der Waals surface area contributed by atoms with Crippen LogP contribution in [0.3, 0.4) is 0 Å². The van der Waals surface area contributed by atoms with E-state index in [1.807, 2.05) is 0 Å². The van der Waals surface area contributed by atoms with Crippen molar-refractivity contribution in [1.29, 1.82) is 0 Å². The summed E-state index contributed by atoms with van der Waals surface area (Å²) in [6.07, 6.45) is 2.69. The summed E-state index contributed by atoms with van der Waals surface area (Å²) in [5, 5.41) is 7.48. The first kappa shape index (κ1) is 22.3. The van der Waals surface area contributed by atoms with E-state index in [0.717, 1.165) is 37.4 Å². The zero-order valence-corrected chi connectivity index (χ0v) is 18.0. The third-order valence-electron chi connectivity index (χ3n) is 4.39. The van der Waals surface area contributed by atoms with Crippen molar-refractivity contribution < 1.29 is 0 Å². The van der Waals surface area contributed by atoms with Crippen LogP contribution in [0.2, 0.25) is 0 Å². The molecular formula is C19H43N4P. The molecule has 1 aliphatic rings. The Morgan fingerprint density at radius 2 is 1.71 bits per heavy atom. The molecule has 0 aromatic rings. The van der Waals surface area contributed by atoms with E-state index in [0.29, 0.717) is 0 Å². The third-order valence-corrected chi connectivity index (χ3v) is 6.71. The van der Waals surface area contributed by atoms with Gasteiger partial charge in [0.05, 0.1) is 0 Å². The van der Waals surface area contributed by atoms with Gasteiger partial charge in [0.2, 0.25) is 0 Å². The summed E-state index contributed by atoms with van der Waals surface area (Å²) >= 11 is 0. The highest BCUT2D eigenvalue weighted by atomic mass is 31.1. The fourth-order valence-electron chi connectivity index (χ4n) is 2.99. The summed E-state index contributed by atoms with van der Waals surface area (Å²) in [5.41, 5.74) is 0. The van der Waals surface area contributed by atoms with Gasteiger partial charge in [0.25, 0.3) is 0 Å². The van der Waals surface area contributed by atoms with Crippen LogP contribution in [0, 0.1) is 17.8 Å². The largest absolute Gasteiger partial charge is 0.315 e. The Labute approximate surface area is 153 Å². The minimum absolute atomic E-state index is 0.146. The lowest BCUT2D eigenvalue weighted by molar-refractivity contribution is 0.239. The van der Waals surface area contributed by atoms with Gasteiger partial charge in [0, 0.05) is 54.0 Å². The fraction of sp³-hybridized carbons (Fsp3) is 1.00. The van der Waals surface area contributed by atoms with Gasteiger partial charge in [-0.3, -0.25) is 14.7 Å². The molecule has 5 heteroatoms. The first-order valence-electron chi connectivity index (χ1n) is 10.1. The monoisotopic (exact) mass is 358 g/mol. The van der Waals surface area contributed by atoms with Gasteiger partial charge in [0.15, 0.2) is 0 Å². The van der Waals surface area contributed by atoms with Crippen LogP contribution in [-0.2, 0) is 0 Å². The molecule has 1 fully saturated rings. The minimum Gasteiger partial charge on any atom is -0.315 e. The van der Waals surface area contributed by atoms with Crippen molar-refractivity contribution in [3.8, 4) is 0 Å². The van der Waals surface area contributed by atoms with E-state index in [4.69, 9.17) is 0 Å². The predicted octanol–water partition coefficient (Wildman–Crippen LogP) is 3.45. The van der Waals surface area contributed by atoms with Crippen LogP contribution in [0.1, 0.15) is 48.0 Å². The van der Waals surface area contributed by atoms with Gasteiger partial charge in [-0.15, -0.1) is 0 Å². The van der Waals surface area contributed by atoms with Crippen molar-refractivity contribution >= 4 is 8.22 Å². The molecule has 0 bridgehead atoms. The first-order valence-corrected chi connectivity index (χ1v) is 11.6. The second-order valence-electron chi connectivity index (χ2n) is 8.46. The van der Waals surface area contributed by atoms with Gasteiger partial charge in [0.1, 0.15) is 0 Å². The Morgan fingerprint density at radius 3 is 2.33 bits per heavy atom. The molecule has 0 aromatic heterocycles. The molecule has 144 valence electrons. The zero-order chi connectivity index (χ0) is 17.9. The van der Waals surface area contributed by atoms with E-state index in [-0.39, 0.29) is 8.22 Å². The zero-order valence-electron chi connectivity index (χ0n) is 17.1. The summed E-state index contributed by atoms with van der Waals surface area (Å²) in [6, 6.07) is 0. The molecular weight excluding hydrogens is 315 g/mol. The first-order chi connectivity index (χ1) is 11.4. The minimum atomic E-state index is -0.146. The molecule has 1 unspecified atom stereocenters. The van der Waals surface area contributed by atoms with Gasteiger partial charge >= 0.3 is 0 Å². The molecule has 1 aliphatic heterocycles. The number of nitrogens with zero attached hydrogens (tertiary/aromatic N) is 2. The average Bonchev–Trinajstić information content (AvgIpc) is 2.47. The quantitative estimate of drug-likeness (QED) is 0.462. The molecule has 2 N–H and O–H groups in total. The van der Waals surface area contributed by atoms with E-state index in [1.165, 1.54) is 45.3 Å². The summed E-state index contributed by atoms with van der Waals surface area (Å²) < 4.78 is 2.76.